The summed E-state index contributed by atoms with van der Waals surface area (Å²) in [4.78, 5) is 36.3. The van der Waals surface area contributed by atoms with E-state index in [2.05, 4.69) is 5.32 Å². The number of amides is 2. The molecule has 0 aromatic rings. The molecule has 2 amide bonds. The van der Waals surface area contributed by atoms with Gasteiger partial charge in [-0.3, -0.25) is 4.79 Å². The van der Waals surface area contributed by atoms with Gasteiger partial charge in [0.15, 0.2) is 0 Å². The molecule has 6 nitrogen and oxygen atoms in total. The van der Waals surface area contributed by atoms with Crippen molar-refractivity contribution >= 4 is 18.3 Å². The molecule has 2 unspecified atom stereocenters. The first-order chi connectivity index (χ1) is 9.22. The summed E-state index contributed by atoms with van der Waals surface area (Å²) in [5.41, 5.74) is -0.548. The van der Waals surface area contributed by atoms with E-state index < -0.39 is 23.6 Å². The largest absolute Gasteiger partial charge is 0.465 e. The number of likely N-dealkylation sites (tertiary alicyclic amines) is 1. The van der Waals surface area contributed by atoms with Crippen LogP contribution in [-0.4, -0.2) is 46.9 Å². The molecule has 0 aromatic carbocycles. The molecule has 0 spiro atoms. The zero-order valence-electron chi connectivity index (χ0n) is 12.5. The maximum atomic E-state index is 12.6. The number of nitrogens with zero attached hydrogens (tertiary/aromatic N) is 1. The molecule has 0 bridgehead atoms. The Morgan fingerprint density at radius 2 is 2.05 bits per heavy atom. The molecule has 0 radical (unpaired) electrons. The Kier molecular flexibility index (Phi) is 5.14. The molecular weight excluding hydrogens is 260 g/mol. The number of hydrogen-bond donors (Lipinski definition) is 2. The van der Waals surface area contributed by atoms with Gasteiger partial charge in [0.05, 0.1) is 6.04 Å². The van der Waals surface area contributed by atoms with Crippen molar-refractivity contribution in [3.8, 4) is 0 Å². The van der Waals surface area contributed by atoms with E-state index in [1.807, 2.05) is 6.92 Å². The minimum Gasteiger partial charge on any atom is -0.465 e. The number of carbonyl (C=O) groups is 3. The molecule has 114 valence electrons. The zero-order chi connectivity index (χ0) is 15.5. The van der Waals surface area contributed by atoms with Crippen molar-refractivity contribution in [2.24, 2.45) is 11.3 Å². The van der Waals surface area contributed by atoms with Gasteiger partial charge in [-0.15, -0.1) is 0 Å². The normalized spacial score (nSPS) is 24.3. The summed E-state index contributed by atoms with van der Waals surface area (Å²) in [7, 11) is 0. The van der Waals surface area contributed by atoms with Gasteiger partial charge in [-0.2, -0.15) is 0 Å². The van der Waals surface area contributed by atoms with Crippen LogP contribution in [0.5, 0.6) is 0 Å². The third-order valence-corrected chi connectivity index (χ3v) is 3.91. The summed E-state index contributed by atoms with van der Waals surface area (Å²) in [6, 6.07) is -1.29. The van der Waals surface area contributed by atoms with Gasteiger partial charge >= 0.3 is 6.09 Å². The number of carbonyl (C=O) groups excluding carboxylic acids is 2. The van der Waals surface area contributed by atoms with Crippen LogP contribution in [0.4, 0.5) is 4.79 Å². The van der Waals surface area contributed by atoms with E-state index in [1.54, 1.807) is 20.8 Å². The van der Waals surface area contributed by atoms with Gasteiger partial charge < -0.3 is 20.1 Å². The highest BCUT2D eigenvalue weighted by molar-refractivity contribution is 5.88. The lowest BCUT2D eigenvalue weighted by molar-refractivity contribution is -0.139. The molecule has 1 fully saturated rings. The second-order valence-corrected chi connectivity index (χ2v) is 6.36. The van der Waals surface area contributed by atoms with Crippen LogP contribution < -0.4 is 5.32 Å². The van der Waals surface area contributed by atoms with Gasteiger partial charge in [0.2, 0.25) is 5.91 Å². The summed E-state index contributed by atoms with van der Waals surface area (Å²) in [6.07, 6.45) is 1.20. The van der Waals surface area contributed by atoms with Crippen molar-refractivity contribution in [2.75, 3.05) is 6.54 Å². The monoisotopic (exact) mass is 284 g/mol. The van der Waals surface area contributed by atoms with Gasteiger partial charge in [-0.05, 0) is 17.8 Å². The van der Waals surface area contributed by atoms with Gasteiger partial charge in [-0.1, -0.05) is 34.1 Å². The van der Waals surface area contributed by atoms with Crippen molar-refractivity contribution in [2.45, 2.75) is 52.6 Å². The average molecular weight is 284 g/mol. The van der Waals surface area contributed by atoms with Gasteiger partial charge in [0.1, 0.15) is 12.3 Å². The average Bonchev–Trinajstić information content (AvgIpc) is 2.76. The molecule has 3 atom stereocenters. The van der Waals surface area contributed by atoms with Crippen molar-refractivity contribution in [3.63, 3.8) is 0 Å². The standard InChI is InChI=1S/C14H24N2O4/c1-5-9-6-7-16(10(9)8-17)12(18)11(14(2,3)4)15-13(19)20/h8-11,15H,5-7H2,1-4H3,(H,19,20)/t9?,10?,11-/m1/s1. The lowest BCUT2D eigenvalue weighted by Gasteiger charge is -2.34. The minimum absolute atomic E-state index is 0.168. The fourth-order valence-corrected chi connectivity index (χ4v) is 2.70. The van der Waals surface area contributed by atoms with Crippen LogP contribution in [0.3, 0.4) is 0 Å². The van der Waals surface area contributed by atoms with Crippen LogP contribution in [-0.2, 0) is 9.59 Å². The molecule has 20 heavy (non-hydrogen) atoms. The van der Waals surface area contributed by atoms with Gasteiger partial charge in [0, 0.05) is 6.54 Å². The molecule has 6 heteroatoms. The predicted molar refractivity (Wildman–Crippen MR) is 74.4 cm³/mol. The molecule has 0 aliphatic carbocycles. The van der Waals surface area contributed by atoms with Gasteiger partial charge in [0.25, 0.3) is 0 Å². The third-order valence-electron chi connectivity index (χ3n) is 3.91. The second-order valence-electron chi connectivity index (χ2n) is 6.36. The van der Waals surface area contributed by atoms with Gasteiger partial charge in [-0.25, -0.2) is 4.79 Å². The quantitative estimate of drug-likeness (QED) is 0.766. The number of hydrogen-bond acceptors (Lipinski definition) is 3. The lowest BCUT2D eigenvalue weighted by Crippen LogP contribution is -2.56. The predicted octanol–water partition coefficient (Wildman–Crippen LogP) is 1.49. The Labute approximate surface area is 119 Å². The molecule has 0 saturated carbocycles. The van der Waals surface area contributed by atoms with Crippen molar-refractivity contribution in [1.82, 2.24) is 10.2 Å². The third kappa shape index (κ3) is 3.49. The first kappa shape index (κ1) is 16.5. The van der Waals surface area contributed by atoms with E-state index in [9.17, 15) is 14.4 Å². The van der Waals surface area contributed by atoms with Crippen molar-refractivity contribution < 1.29 is 19.5 Å². The van der Waals surface area contributed by atoms with E-state index in [0.717, 1.165) is 19.1 Å². The summed E-state index contributed by atoms with van der Waals surface area (Å²) in [5, 5.41) is 11.2. The highest BCUT2D eigenvalue weighted by Crippen LogP contribution is 2.29. The smallest absolute Gasteiger partial charge is 0.405 e. The van der Waals surface area contributed by atoms with E-state index >= 15 is 0 Å². The van der Waals surface area contributed by atoms with Crippen LogP contribution in [0.15, 0.2) is 0 Å². The van der Waals surface area contributed by atoms with Crippen LogP contribution in [0.25, 0.3) is 0 Å². The van der Waals surface area contributed by atoms with Crippen LogP contribution in [0.2, 0.25) is 0 Å². The second kappa shape index (κ2) is 6.24. The van der Waals surface area contributed by atoms with Crippen LogP contribution in [0.1, 0.15) is 40.5 Å². The Balaban J connectivity index is 2.95. The maximum Gasteiger partial charge on any atom is 0.405 e. The Bertz CT molecular complexity index is 389. The Morgan fingerprint density at radius 1 is 1.45 bits per heavy atom. The Morgan fingerprint density at radius 3 is 2.45 bits per heavy atom. The molecular formula is C14H24N2O4. The maximum absolute atomic E-state index is 12.6. The summed E-state index contributed by atoms with van der Waals surface area (Å²) in [6.45, 7) is 7.90. The fraction of sp³-hybridized carbons (Fsp3) is 0.786. The molecule has 2 N–H and O–H groups in total. The summed E-state index contributed by atoms with van der Waals surface area (Å²) in [5.74, 6) is -0.144. The molecule has 1 rings (SSSR count). The molecule has 1 saturated heterocycles. The first-order valence-corrected chi connectivity index (χ1v) is 6.97. The molecule has 1 aliphatic heterocycles. The van der Waals surface area contributed by atoms with Crippen molar-refractivity contribution in [3.05, 3.63) is 0 Å². The first-order valence-electron chi connectivity index (χ1n) is 6.97. The van der Waals surface area contributed by atoms with Crippen molar-refractivity contribution in [1.29, 1.82) is 0 Å². The number of rotatable bonds is 4. The highest BCUT2D eigenvalue weighted by Gasteiger charge is 2.42. The summed E-state index contributed by atoms with van der Waals surface area (Å²) >= 11 is 0. The number of aldehydes is 1. The molecule has 1 heterocycles. The molecule has 0 aromatic heterocycles. The Hall–Kier alpha value is -1.59. The van der Waals surface area contributed by atoms with E-state index in [4.69, 9.17) is 5.11 Å². The lowest BCUT2D eigenvalue weighted by atomic mass is 9.85. The topological polar surface area (TPSA) is 86.7 Å². The fourth-order valence-electron chi connectivity index (χ4n) is 2.70. The summed E-state index contributed by atoms with van der Waals surface area (Å²) < 4.78 is 0. The SMILES string of the molecule is CCC1CCN(C(=O)[C@@H](NC(=O)O)C(C)(C)C)C1C=O. The van der Waals surface area contributed by atoms with Crippen LogP contribution >= 0.6 is 0 Å². The highest BCUT2D eigenvalue weighted by atomic mass is 16.4. The van der Waals surface area contributed by atoms with E-state index in [1.165, 1.54) is 4.90 Å². The van der Waals surface area contributed by atoms with E-state index in [0.29, 0.717) is 6.54 Å². The van der Waals surface area contributed by atoms with Crippen LogP contribution in [0, 0.1) is 11.3 Å². The number of carboxylic acid groups (broad SMARTS) is 1. The van der Waals surface area contributed by atoms with E-state index in [-0.39, 0.29) is 11.8 Å². The minimum atomic E-state index is -1.23. The molecule has 1 aliphatic rings. The number of nitrogens with one attached hydrogen (secondary N) is 1. The zero-order valence-corrected chi connectivity index (χ0v) is 12.5.